The maximum absolute atomic E-state index is 2.43. The zero-order valence-corrected chi connectivity index (χ0v) is 21.0. The molecule has 1 aromatic rings. The third kappa shape index (κ3) is 9.91. The monoisotopic (exact) mass is 424 g/mol. The first kappa shape index (κ1) is 31.2. The van der Waals surface area contributed by atoms with Crippen LogP contribution in [0.2, 0.25) is 0 Å². The Morgan fingerprint density at radius 2 is 0.633 bits per heavy atom. The molecule has 30 heavy (non-hydrogen) atoms. The van der Waals surface area contributed by atoms with Gasteiger partial charge in [0.15, 0.2) is 0 Å². The van der Waals surface area contributed by atoms with Crippen molar-refractivity contribution < 1.29 is 19.9 Å². The molecule has 0 fully saturated rings. The second-order valence-corrected chi connectivity index (χ2v) is 9.16. The summed E-state index contributed by atoms with van der Waals surface area (Å²) in [5.41, 5.74) is 3.05. The lowest BCUT2D eigenvalue weighted by molar-refractivity contribution is -0.941. The molecular formula is C26H52N2O2. The van der Waals surface area contributed by atoms with E-state index in [2.05, 4.69) is 65.8 Å². The predicted molar refractivity (Wildman–Crippen MR) is 129 cm³/mol. The molecule has 4 nitrogen and oxygen atoms in total. The van der Waals surface area contributed by atoms with E-state index in [1.807, 2.05) is 0 Å². The molecule has 0 radical (unpaired) electrons. The number of quaternary nitrogens is 2. The molecule has 0 aliphatic heterocycles. The van der Waals surface area contributed by atoms with E-state index >= 15 is 0 Å². The van der Waals surface area contributed by atoms with Gasteiger partial charge in [0.2, 0.25) is 0 Å². The predicted octanol–water partition coefficient (Wildman–Crippen LogP) is 6.43. The van der Waals surface area contributed by atoms with Crippen molar-refractivity contribution in [1.29, 1.82) is 0 Å². The summed E-state index contributed by atoms with van der Waals surface area (Å²) in [5, 5.41) is 0. The van der Waals surface area contributed by atoms with E-state index in [-0.39, 0.29) is 11.0 Å². The summed E-state index contributed by atoms with van der Waals surface area (Å²) in [4.78, 5) is 0. The fourth-order valence-electron chi connectivity index (χ4n) is 5.52. The highest BCUT2D eigenvalue weighted by Crippen LogP contribution is 2.21. The van der Waals surface area contributed by atoms with E-state index in [4.69, 9.17) is 0 Å². The van der Waals surface area contributed by atoms with Gasteiger partial charge in [-0.25, -0.2) is 0 Å². The smallest absolute Gasteiger partial charge is 0.104 e. The molecule has 0 aromatic heterocycles. The third-order valence-electron chi connectivity index (χ3n) is 6.25. The summed E-state index contributed by atoms with van der Waals surface area (Å²) in [7, 11) is 0. The Labute approximate surface area is 188 Å². The van der Waals surface area contributed by atoms with Crippen LogP contribution in [0.4, 0.5) is 0 Å². The minimum absolute atomic E-state index is 0. The van der Waals surface area contributed by atoms with Crippen LogP contribution in [0.15, 0.2) is 24.3 Å². The second kappa shape index (κ2) is 16.7. The van der Waals surface area contributed by atoms with Crippen molar-refractivity contribution >= 4 is 0 Å². The van der Waals surface area contributed by atoms with Gasteiger partial charge >= 0.3 is 0 Å². The molecule has 0 aliphatic rings. The minimum atomic E-state index is 0. The fraction of sp³-hybridized carbons (Fsp3) is 0.769. The van der Waals surface area contributed by atoms with E-state index in [0.717, 1.165) is 0 Å². The molecule has 178 valence electrons. The number of rotatable bonds is 16. The lowest BCUT2D eigenvalue weighted by Crippen LogP contribution is -2.49. The largest absolute Gasteiger partial charge is 0.870 e. The lowest BCUT2D eigenvalue weighted by atomic mass is 10.1. The van der Waals surface area contributed by atoms with Crippen molar-refractivity contribution in [3.63, 3.8) is 0 Å². The topological polar surface area (TPSA) is 60.0 Å². The van der Waals surface area contributed by atoms with Crippen LogP contribution in [0.3, 0.4) is 0 Å². The molecule has 1 aromatic carbocycles. The number of nitrogens with zero attached hydrogens (tertiary/aromatic N) is 2. The maximum Gasteiger partial charge on any atom is 0.104 e. The van der Waals surface area contributed by atoms with Gasteiger partial charge in [0.1, 0.15) is 13.1 Å². The minimum Gasteiger partial charge on any atom is -0.870 e. The van der Waals surface area contributed by atoms with Gasteiger partial charge in [0.05, 0.1) is 39.3 Å². The van der Waals surface area contributed by atoms with Crippen LogP contribution < -0.4 is 0 Å². The van der Waals surface area contributed by atoms with Crippen molar-refractivity contribution in [2.45, 2.75) is 93.2 Å². The number of hydrogen-bond donors (Lipinski definition) is 0. The first-order valence-corrected chi connectivity index (χ1v) is 12.3. The Bertz CT molecular complexity index is 435. The van der Waals surface area contributed by atoms with Gasteiger partial charge in [-0.05, 0) is 38.5 Å². The molecule has 0 amide bonds. The molecular weight excluding hydrogens is 372 g/mol. The van der Waals surface area contributed by atoms with Crippen LogP contribution in [-0.2, 0) is 13.1 Å². The van der Waals surface area contributed by atoms with E-state index in [0.29, 0.717) is 0 Å². The highest BCUT2D eigenvalue weighted by molar-refractivity contribution is 5.21. The van der Waals surface area contributed by atoms with Crippen molar-refractivity contribution in [3.05, 3.63) is 35.4 Å². The van der Waals surface area contributed by atoms with Gasteiger partial charge in [0.25, 0.3) is 0 Å². The van der Waals surface area contributed by atoms with Crippen molar-refractivity contribution in [2.24, 2.45) is 0 Å². The molecule has 0 unspecified atom stereocenters. The Hall–Kier alpha value is -0.940. The summed E-state index contributed by atoms with van der Waals surface area (Å²) in [6.07, 6.45) is 7.69. The van der Waals surface area contributed by atoms with Crippen molar-refractivity contribution in [3.8, 4) is 0 Å². The van der Waals surface area contributed by atoms with Gasteiger partial charge < -0.3 is 19.9 Å². The Balaban J connectivity index is 0. The average molecular weight is 425 g/mol. The number of hydrogen-bond acceptors (Lipinski definition) is 2. The molecule has 2 N–H and O–H groups in total. The van der Waals surface area contributed by atoms with Gasteiger partial charge in [-0.2, -0.15) is 0 Å². The Morgan fingerprint density at radius 3 is 0.800 bits per heavy atom. The van der Waals surface area contributed by atoms with Crippen molar-refractivity contribution in [2.75, 3.05) is 39.3 Å². The van der Waals surface area contributed by atoms with Crippen molar-refractivity contribution in [1.82, 2.24) is 0 Å². The highest BCUT2D eigenvalue weighted by atomic mass is 16.0. The molecule has 0 aliphatic carbocycles. The Kier molecular flexibility index (Phi) is 17.4. The Morgan fingerprint density at radius 1 is 0.433 bits per heavy atom. The lowest BCUT2D eigenvalue weighted by Gasteiger charge is -2.39. The fourth-order valence-corrected chi connectivity index (χ4v) is 5.52. The van der Waals surface area contributed by atoms with Crippen LogP contribution in [0.1, 0.15) is 91.2 Å². The third-order valence-corrected chi connectivity index (χ3v) is 6.25. The van der Waals surface area contributed by atoms with Crippen LogP contribution in [-0.4, -0.2) is 59.2 Å². The molecule has 0 heterocycles. The molecule has 4 heteroatoms. The van der Waals surface area contributed by atoms with Crippen LogP contribution in [0, 0.1) is 0 Å². The summed E-state index contributed by atoms with van der Waals surface area (Å²) in [5.74, 6) is 0. The summed E-state index contributed by atoms with van der Waals surface area (Å²) in [6.45, 7) is 24.3. The normalized spacial score (nSPS) is 11.7. The molecule has 1 rings (SSSR count). The summed E-state index contributed by atoms with van der Waals surface area (Å²) >= 11 is 0. The molecule has 0 saturated carbocycles. The van der Waals surface area contributed by atoms with Crippen LogP contribution >= 0.6 is 0 Å². The molecule has 0 spiro atoms. The van der Waals surface area contributed by atoms with E-state index in [1.165, 1.54) is 111 Å². The van der Waals surface area contributed by atoms with E-state index in [1.54, 1.807) is 0 Å². The molecule has 0 bridgehead atoms. The first-order chi connectivity index (χ1) is 13.5. The summed E-state index contributed by atoms with van der Waals surface area (Å²) < 4.78 is 2.54. The summed E-state index contributed by atoms with van der Waals surface area (Å²) in [6, 6.07) is 9.73. The highest BCUT2D eigenvalue weighted by Gasteiger charge is 2.27. The molecule has 0 atom stereocenters. The standard InChI is InChI=1S/C26H50N2.2H2O/c1-7-17-27(18-8-2,19-9-3)23-25-13-15-26(16-14-25)24-28(20-10-4,21-11-5)22-12-6;;/h13-16H,7-12,17-24H2,1-6H3;2*1H2/q+2;;/p-2. The van der Waals surface area contributed by atoms with Crippen LogP contribution in [0.25, 0.3) is 0 Å². The maximum atomic E-state index is 2.43. The SMILES string of the molecule is CCC[N+](CCC)(CCC)Cc1ccc(C[N+](CCC)(CCC)CCC)cc1.[OH-].[OH-]. The second-order valence-electron chi connectivity index (χ2n) is 9.16. The zero-order valence-electron chi connectivity index (χ0n) is 21.0. The van der Waals surface area contributed by atoms with Gasteiger partial charge in [-0.15, -0.1) is 0 Å². The van der Waals surface area contributed by atoms with Gasteiger partial charge in [-0.3, -0.25) is 0 Å². The van der Waals surface area contributed by atoms with E-state index in [9.17, 15) is 0 Å². The quantitative estimate of drug-likeness (QED) is 0.287. The first-order valence-electron chi connectivity index (χ1n) is 12.3. The van der Waals surface area contributed by atoms with Crippen LogP contribution in [0.5, 0.6) is 0 Å². The van der Waals surface area contributed by atoms with Gasteiger partial charge in [0, 0.05) is 11.1 Å². The van der Waals surface area contributed by atoms with E-state index < -0.39 is 0 Å². The van der Waals surface area contributed by atoms with Gasteiger partial charge in [-0.1, -0.05) is 65.8 Å². The average Bonchev–Trinajstić information content (AvgIpc) is 2.65. The zero-order chi connectivity index (χ0) is 20.9. The molecule has 0 saturated heterocycles. The number of benzene rings is 1.